The largest absolute Gasteiger partial charge is 0.396 e. The number of aromatic nitrogens is 2. The number of benzene rings is 1. The summed E-state index contributed by atoms with van der Waals surface area (Å²) in [6.45, 7) is 2.12. The average Bonchev–Trinajstić information content (AvgIpc) is 2.49. The fourth-order valence-corrected chi connectivity index (χ4v) is 2.36. The maximum atomic E-state index is 13.9. The first-order valence-electron chi connectivity index (χ1n) is 7.04. The van der Waals surface area contributed by atoms with E-state index >= 15 is 0 Å². The van der Waals surface area contributed by atoms with E-state index in [0.717, 1.165) is 0 Å². The average molecular weight is 306 g/mol. The number of halogens is 1. The van der Waals surface area contributed by atoms with E-state index in [1.54, 1.807) is 18.2 Å². The zero-order chi connectivity index (χ0) is 16.1. The number of hydrogen-bond donors (Lipinski definition) is 4. The molecule has 1 aromatic heterocycles. The molecular formula is C15H19FN4O2. The number of anilines is 2. The van der Waals surface area contributed by atoms with Gasteiger partial charge in [0, 0.05) is 18.9 Å². The van der Waals surface area contributed by atoms with Gasteiger partial charge >= 0.3 is 0 Å². The van der Waals surface area contributed by atoms with E-state index in [9.17, 15) is 14.3 Å². The molecule has 118 valence electrons. The minimum atomic E-state index is -0.507. The van der Waals surface area contributed by atoms with E-state index in [1.807, 2.05) is 6.92 Å². The second-order valence-corrected chi connectivity index (χ2v) is 4.91. The van der Waals surface area contributed by atoms with Crippen LogP contribution >= 0.6 is 0 Å². The van der Waals surface area contributed by atoms with Crippen molar-refractivity contribution in [2.45, 2.75) is 19.3 Å². The Kier molecular flexibility index (Phi) is 5.11. The molecule has 2 rings (SSSR count). The summed E-state index contributed by atoms with van der Waals surface area (Å²) in [6.07, 6.45) is 0.202. The van der Waals surface area contributed by atoms with E-state index in [0.29, 0.717) is 23.5 Å². The lowest BCUT2D eigenvalue weighted by atomic mass is 9.94. The molecule has 0 unspecified atom stereocenters. The minimum Gasteiger partial charge on any atom is -0.396 e. The van der Waals surface area contributed by atoms with Gasteiger partial charge in [0.15, 0.2) is 0 Å². The Bertz CT molecular complexity index is 702. The van der Waals surface area contributed by atoms with Crippen molar-refractivity contribution in [3.63, 3.8) is 0 Å². The van der Waals surface area contributed by atoms with Crippen LogP contribution in [0.25, 0.3) is 0 Å². The van der Waals surface area contributed by atoms with Gasteiger partial charge in [0.1, 0.15) is 11.5 Å². The van der Waals surface area contributed by atoms with Gasteiger partial charge in [-0.15, -0.1) is 0 Å². The molecule has 2 aromatic rings. The molecule has 0 aliphatic rings. The number of nitrogens with one attached hydrogen (secondary N) is 2. The highest BCUT2D eigenvalue weighted by atomic mass is 19.1. The predicted octanol–water partition coefficient (Wildman–Crippen LogP) is 1.24. The van der Waals surface area contributed by atoms with Crippen molar-refractivity contribution in [1.82, 2.24) is 9.97 Å². The van der Waals surface area contributed by atoms with E-state index in [1.165, 1.54) is 6.07 Å². The van der Waals surface area contributed by atoms with Gasteiger partial charge in [-0.05, 0) is 18.6 Å². The number of nitrogens with zero attached hydrogens (tertiary/aromatic N) is 1. The SMILES string of the molecule is CCNc1c(C[C@@H](CO)c2ccccc2F)nc(N)[nH]c1=O. The number of rotatable bonds is 6. The molecule has 1 atom stereocenters. The molecule has 0 saturated carbocycles. The van der Waals surface area contributed by atoms with Gasteiger partial charge in [0.2, 0.25) is 5.95 Å². The second kappa shape index (κ2) is 7.04. The van der Waals surface area contributed by atoms with Crippen molar-refractivity contribution in [1.29, 1.82) is 0 Å². The van der Waals surface area contributed by atoms with Crippen molar-refractivity contribution in [2.75, 3.05) is 24.2 Å². The van der Waals surface area contributed by atoms with Crippen LogP contribution in [-0.2, 0) is 6.42 Å². The van der Waals surface area contributed by atoms with Gasteiger partial charge in [-0.2, -0.15) is 0 Å². The molecule has 0 spiro atoms. The van der Waals surface area contributed by atoms with Gasteiger partial charge < -0.3 is 16.2 Å². The van der Waals surface area contributed by atoms with Crippen LogP contribution in [-0.4, -0.2) is 28.2 Å². The van der Waals surface area contributed by atoms with Crippen LogP contribution in [0.5, 0.6) is 0 Å². The number of hydrogen-bond acceptors (Lipinski definition) is 5. The van der Waals surface area contributed by atoms with Crippen LogP contribution in [0.1, 0.15) is 24.1 Å². The number of aliphatic hydroxyl groups is 1. The Balaban J connectivity index is 2.40. The van der Waals surface area contributed by atoms with Crippen LogP contribution in [0, 0.1) is 5.82 Å². The van der Waals surface area contributed by atoms with Crippen molar-refractivity contribution < 1.29 is 9.50 Å². The van der Waals surface area contributed by atoms with E-state index in [2.05, 4.69) is 15.3 Å². The number of H-pyrrole nitrogens is 1. The summed E-state index contributed by atoms with van der Waals surface area (Å²) in [6, 6.07) is 6.23. The lowest BCUT2D eigenvalue weighted by Gasteiger charge is -2.17. The molecule has 7 heteroatoms. The van der Waals surface area contributed by atoms with Gasteiger partial charge in [0.25, 0.3) is 5.56 Å². The van der Waals surface area contributed by atoms with Crippen LogP contribution in [0.3, 0.4) is 0 Å². The molecule has 6 nitrogen and oxygen atoms in total. The third kappa shape index (κ3) is 3.43. The standard InChI is InChI=1S/C15H19FN4O2/c1-2-18-13-12(19-15(17)20-14(13)22)7-9(8-21)10-5-3-4-6-11(10)16/h3-6,9,18,21H,2,7-8H2,1H3,(H3,17,19,20,22)/t9-/m0/s1. The predicted molar refractivity (Wildman–Crippen MR) is 83.4 cm³/mol. The molecule has 5 N–H and O–H groups in total. The van der Waals surface area contributed by atoms with Crippen LogP contribution in [0.15, 0.2) is 29.1 Å². The number of aliphatic hydroxyl groups excluding tert-OH is 1. The van der Waals surface area contributed by atoms with Gasteiger partial charge in [-0.25, -0.2) is 9.37 Å². The molecule has 22 heavy (non-hydrogen) atoms. The topological polar surface area (TPSA) is 104 Å². The minimum absolute atomic E-state index is 0.00752. The fraction of sp³-hybridized carbons (Fsp3) is 0.333. The Morgan fingerprint density at radius 2 is 2.18 bits per heavy atom. The van der Waals surface area contributed by atoms with E-state index in [-0.39, 0.29) is 24.5 Å². The van der Waals surface area contributed by atoms with Crippen molar-refractivity contribution >= 4 is 11.6 Å². The molecule has 0 bridgehead atoms. The summed E-state index contributed by atoms with van der Waals surface area (Å²) in [5, 5.41) is 12.5. The first kappa shape index (κ1) is 16.0. The van der Waals surface area contributed by atoms with Crippen molar-refractivity contribution in [3.05, 3.63) is 51.7 Å². The van der Waals surface area contributed by atoms with Gasteiger partial charge in [0.05, 0.1) is 12.3 Å². The molecule has 0 radical (unpaired) electrons. The van der Waals surface area contributed by atoms with E-state index < -0.39 is 11.7 Å². The van der Waals surface area contributed by atoms with E-state index in [4.69, 9.17) is 5.73 Å². The third-order valence-corrected chi connectivity index (χ3v) is 3.37. The molecular weight excluding hydrogens is 287 g/mol. The first-order valence-corrected chi connectivity index (χ1v) is 7.04. The van der Waals surface area contributed by atoms with Crippen LogP contribution in [0.2, 0.25) is 0 Å². The summed E-state index contributed by atoms with van der Waals surface area (Å²) in [5.41, 5.74) is 6.29. The second-order valence-electron chi connectivity index (χ2n) is 4.91. The lowest BCUT2D eigenvalue weighted by Crippen LogP contribution is -2.22. The van der Waals surface area contributed by atoms with Crippen molar-refractivity contribution in [3.8, 4) is 0 Å². The molecule has 0 fully saturated rings. The Hall–Kier alpha value is -2.41. The molecule has 1 heterocycles. The Labute approximate surface area is 127 Å². The Morgan fingerprint density at radius 3 is 2.82 bits per heavy atom. The molecule has 0 amide bonds. The van der Waals surface area contributed by atoms with Crippen molar-refractivity contribution in [2.24, 2.45) is 0 Å². The number of nitrogens with two attached hydrogens (primary N) is 1. The zero-order valence-electron chi connectivity index (χ0n) is 12.3. The molecule has 0 saturated heterocycles. The summed E-state index contributed by atoms with van der Waals surface area (Å²) in [7, 11) is 0. The smallest absolute Gasteiger partial charge is 0.275 e. The summed E-state index contributed by atoms with van der Waals surface area (Å²) in [4.78, 5) is 18.5. The monoisotopic (exact) mass is 306 g/mol. The zero-order valence-corrected chi connectivity index (χ0v) is 12.3. The maximum Gasteiger partial charge on any atom is 0.275 e. The number of nitrogen functional groups attached to an aromatic ring is 1. The first-order chi connectivity index (χ1) is 10.6. The molecule has 0 aliphatic heterocycles. The summed E-state index contributed by atoms with van der Waals surface area (Å²) >= 11 is 0. The highest BCUT2D eigenvalue weighted by Gasteiger charge is 2.19. The highest BCUT2D eigenvalue weighted by Crippen LogP contribution is 2.24. The molecule has 0 aliphatic carbocycles. The Morgan fingerprint density at radius 1 is 1.45 bits per heavy atom. The summed E-state index contributed by atoms with van der Waals surface area (Å²) in [5.74, 6) is -0.913. The number of aromatic amines is 1. The quantitative estimate of drug-likeness (QED) is 0.643. The third-order valence-electron chi connectivity index (χ3n) is 3.37. The van der Waals surface area contributed by atoms with Crippen LogP contribution in [0.4, 0.5) is 16.0 Å². The van der Waals surface area contributed by atoms with Gasteiger partial charge in [-0.3, -0.25) is 9.78 Å². The van der Waals surface area contributed by atoms with Gasteiger partial charge in [-0.1, -0.05) is 18.2 Å². The highest BCUT2D eigenvalue weighted by molar-refractivity contribution is 5.48. The van der Waals surface area contributed by atoms with Crippen LogP contribution < -0.4 is 16.6 Å². The summed E-state index contributed by atoms with van der Waals surface area (Å²) < 4.78 is 13.9. The fourth-order valence-electron chi connectivity index (χ4n) is 2.36. The maximum absolute atomic E-state index is 13.9. The normalized spacial score (nSPS) is 12.1. The lowest BCUT2D eigenvalue weighted by molar-refractivity contribution is 0.261. The molecule has 1 aromatic carbocycles.